The number of benzene rings is 2. The molecule has 1 atom stereocenters. The summed E-state index contributed by atoms with van der Waals surface area (Å²) >= 11 is 0. The van der Waals surface area contributed by atoms with Crippen molar-refractivity contribution >= 4 is 17.3 Å². The molecule has 0 bridgehead atoms. The molecule has 9 heteroatoms. The second kappa shape index (κ2) is 13.3. The number of morpholine rings is 1. The van der Waals surface area contributed by atoms with Gasteiger partial charge in [-0.15, -0.1) is 0 Å². The number of hydrogen-bond acceptors (Lipinski definition) is 9. The summed E-state index contributed by atoms with van der Waals surface area (Å²) < 4.78 is 11.5. The van der Waals surface area contributed by atoms with Crippen LogP contribution in [0.2, 0.25) is 0 Å². The minimum atomic E-state index is 0.283. The Kier molecular flexibility index (Phi) is 9.15. The molecule has 1 saturated heterocycles. The molecule has 0 amide bonds. The van der Waals surface area contributed by atoms with Crippen molar-refractivity contribution < 1.29 is 9.47 Å². The van der Waals surface area contributed by atoms with Crippen LogP contribution in [-0.4, -0.2) is 52.3 Å². The minimum absolute atomic E-state index is 0.283. The second-order valence-corrected chi connectivity index (χ2v) is 9.56. The van der Waals surface area contributed by atoms with Gasteiger partial charge in [-0.05, 0) is 49.7 Å². The molecule has 0 saturated carbocycles. The molecule has 0 radical (unpaired) electrons. The Labute approximate surface area is 236 Å². The van der Waals surface area contributed by atoms with Gasteiger partial charge in [-0.2, -0.15) is 4.98 Å². The molecule has 1 fully saturated rings. The molecule has 0 aliphatic carbocycles. The summed E-state index contributed by atoms with van der Waals surface area (Å²) in [5.41, 5.74) is 5.28. The molecule has 9 nitrogen and oxygen atoms in total. The van der Waals surface area contributed by atoms with E-state index in [9.17, 15) is 0 Å². The standard InChI is InChI=1S/C29H31N7O2.C2H6/c1-20-18-37-14-13-36(20)29-24-11-12-30-15-25(24)33-28(35-29)22-7-9-23(10-8-22)32-26-16-31-17-27(34-26)38-19-21-5-3-2-4-6-21;1-2/h2-10,16-17,20,30H,11-15,18-19H2,1H3,(H,32,34);1-2H3/t20-;/m0./s1. The van der Waals surface area contributed by atoms with Crippen LogP contribution in [0.1, 0.15) is 37.6 Å². The smallest absolute Gasteiger partial charge is 0.234 e. The maximum atomic E-state index is 5.81. The van der Waals surface area contributed by atoms with E-state index in [0.717, 1.165) is 66.8 Å². The van der Waals surface area contributed by atoms with E-state index in [1.165, 1.54) is 5.56 Å². The fourth-order valence-corrected chi connectivity index (χ4v) is 4.81. The first-order valence-electron chi connectivity index (χ1n) is 14.0. The molecule has 6 rings (SSSR count). The average molecular weight is 540 g/mol. The lowest BCUT2D eigenvalue weighted by Gasteiger charge is -2.36. The van der Waals surface area contributed by atoms with Crippen LogP contribution in [0.25, 0.3) is 11.4 Å². The lowest BCUT2D eigenvalue weighted by molar-refractivity contribution is 0.0984. The maximum absolute atomic E-state index is 5.81. The van der Waals surface area contributed by atoms with Crippen molar-refractivity contribution in [2.24, 2.45) is 0 Å². The van der Waals surface area contributed by atoms with Crippen molar-refractivity contribution in [1.29, 1.82) is 0 Å². The number of fused-ring (bicyclic) bond motifs is 1. The molecule has 208 valence electrons. The summed E-state index contributed by atoms with van der Waals surface area (Å²) in [6, 6.07) is 18.4. The van der Waals surface area contributed by atoms with E-state index in [-0.39, 0.29) is 6.04 Å². The number of aromatic nitrogens is 4. The van der Waals surface area contributed by atoms with Gasteiger partial charge in [0.2, 0.25) is 5.88 Å². The zero-order chi connectivity index (χ0) is 27.7. The van der Waals surface area contributed by atoms with E-state index < -0.39 is 0 Å². The molecule has 40 heavy (non-hydrogen) atoms. The molecule has 2 N–H and O–H groups in total. The molecule has 2 aromatic carbocycles. The van der Waals surface area contributed by atoms with Crippen LogP contribution in [0, 0.1) is 0 Å². The number of nitrogens with zero attached hydrogens (tertiary/aromatic N) is 5. The Morgan fingerprint density at radius 2 is 1.85 bits per heavy atom. The third-order valence-corrected chi connectivity index (χ3v) is 6.81. The molecule has 2 aliphatic heterocycles. The molecule has 4 heterocycles. The Bertz CT molecular complexity index is 1380. The van der Waals surface area contributed by atoms with Crippen molar-refractivity contribution in [2.45, 2.75) is 46.4 Å². The number of anilines is 3. The van der Waals surface area contributed by atoms with Crippen LogP contribution >= 0.6 is 0 Å². The van der Waals surface area contributed by atoms with Crippen molar-refractivity contribution in [1.82, 2.24) is 25.3 Å². The van der Waals surface area contributed by atoms with E-state index in [1.807, 2.05) is 68.4 Å². The Morgan fingerprint density at radius 1 is 1.02 bits per heavy atom. The molecule has 4 aromatic rings. The lowest BCUT2D eigenvalue weighted by atomic mass is 10.0. The Morgan fingerprint density at radius 3 is 2.65 bits per heavy atom. The summed E-state index contributed by atoms with van der Waals surface area (Å²) in [5.74, 6) is 2.87. The number of ether oxygens (including phenoxy) is 2. The first-order chi connectivity index (χ1) is 19.7. The first kappa shape index (κ1) is 27.5. The van der Waals surface area contributed by atoms with Gasteiger partial charge in [-0.3, -0.25) is 4.98 Å². The van der Waals surface area contributed by atoms with Gasteiger partial charge in [0.25, 0.3) is 0 Å². The lowest BCUT2D eigenvalue weighted by Crippen LogP contribution is -2.45. The normalized spacial score (nSPS) is 16.4. The van der Waals surface area contributed by atoms with Gasteiger partial charge in [-0.25, -0.2) is 9.97 Å². The highest BCUT2D eigenvalue weighted by molar-refractivity contribution is 5.65. The van der Waals surface area contributed by atoms with Crippen LogP contribution < -0.4 is 20.3 Å². The molecule has 0 spiro atoms. The van der Waals surface area contributed by atoms with Crippen LogP contribution in [0.5, 0.6) is 5.88 Å². The van der Waals surface area contributed by atoms with Gasteiger partial charge >= 0.3 is 0 Å². The van der Waals surface area contributed by atoms with E-state index >= 15 is 0 Å². The van der Waals surface area contributed by atoms with Crippen LogP contribution in [0.15, 0.2) is 67.0 Å². The van der Waals surface area contributed by atoms with E-state index in [2.05, 4.69) is 32.4 Å². The third kappa shape index (κ3) is 6.55. The fourth-order valence-electron chi connectivity index (χ4n) is 4.81. The summed E-state index contributed by atoms with van der Waals surface area (Å²) in [5, 5.41) is 6.77. The molecule has 2 aliphatic rings. The predicted octanol–water partition coefficient (Wildman–Crippen LogP) is 5.15. The largest absolute Gasteiger partial charge is 0.472 e. The quantitative estimate of drug-likeness (QED) is 0.330. The topological polar surface area (TPSA) is 97.3 Å². The zero-order valence-electron chi connectivity index (χ0n) is 23.4. The third-order valence-electron chi connectivity index (χ3n) is 6.81. The van der Waals surface area contributed by atoms with Crippen LogP contribution in [0.3, 0.4) is 0 Å². The number of nitrogens with one attached hydrogen (secondary N) is 2. The van der Waals surface area contributed by atoms with Crippen molar-refractivity contribution in [3.63, 3.8) is 0 Å². The SMILES string of the molecule is CC.C[C@H]1COCCN1c1nc(-c2ccc(Nc3cncc(OCc4ccccc4)n3)cc2)nc2c1CCNC2. The van der Waals surface area contributed by atoms with Gasteiger partial charge < -0.3 is 25.0 Å². The predicted molar refractivity (Wildman–Crippen MR) is 158 cm³/mol. The zero-order valence-corrected chi connectivity index (χ0v) is 23.4. The monoisotopic (exact) mass is 539 g/mol. The van der Waals surface area contributed by atoms with Gasteiger partial charge in [0.05, 0.1) is 37.3 Å². The molecular formula is C31H37N7O2. The highest BCUT2D eigenvalue weighted by Crippen LogP contribution is 2.30. The van der Waals surface area contributed by atoms with Gasteiger partial charge in [0, 0.05) is 29.9 Å². The highest BCUT2D eigenvalue weighted by Gasteiger charge is 2.27. The minimum Gasteiger partial charge on any atom is -0.472 e. The fraction of sp³-hybridized carbons (Fsp3) is 0.355. The maximum Gasteiger partial charge on any atom is 0.234 e. The van der Waals surface area contributed by atoms with E-state index in [1.54, 1.807) is 12.4 Å². The van der Waals surface area contributed by atoms with Crippen LogP contribution in [0.4, 0.5) is 17.3 Å². The number of rotatable bonds is 7. The van der Waals surface area contributed by atoms with E-state index in [0.29, 0.717) is 24.9 Å². The van der Waals surface area contributed by atoms with Gasteiger partial charge in [0.1, 0.15) is 12.4 Å². The number of hydrogen-bond donors (Lipinski definition) is 2. The highest BCUT2D eigenvalue weighted by atomic mass is 16.5. The average Bonchev–Trinajstić information content (AvgIpc) is 3.02. The Balaban J connectivity index is 0.00000158. The first-order valence-corrected chi connectivity index (χ1v) is 14.0. The second-order valence-electron chi connectivity index (χ2n) is 9.56. The summed E-state index contributed by atoms with van der Waals surface area (Å²) in [7, 11) is 0. The van der Waals surface area contributed by atoms with Crippen molar-refractivity contribution in [3.8, 4) is 17.3 Å². The molecular weight excluding hydrogens is 502 g/mol. The summed E-state index contributed by atoms with van der Waals surface area (Å²) in [6.07, 6.45) is 4.23. The summed E-state index contributed by atoms with van der Waals surface area (Å²) in [6.45, 7) is 10.6. The van der Waals surface area contributed by atoms with Crippen LogP contribution in [-0.2, 0) is 24.3 Å². The Hall–Kier alpha value is -4.08. The van der Waals surface area contributed by atoms with Gasteiger partial charge in [0.15, 0.2) is 11.6 Å². The summed E-state index contributed by atoms with van der Waals surface area (Å²) in [4.78, 5) is 21.2. The van der Waals surface area contributed by atoms with Crippen molar-refractivity contribution in [2.75, 3.05) is 36.5 Å². The van der Waals surface area contributed by atoms with Gasteiger partial charge in [-0.1, -0.05) is 44.2 Å². The molecule has 0 unspecified atom stereocenters. The van der Waals surface area contributed by atoms with Crippen molar-refractivity contribution in [3.05, 3.63) is 83.8 Å². The molecule has 2 aromatic heterocycles. The van der Waals surface area contributed by atoms with E-state index in [4.69, 9.17) is 19.4 Å².